The van der Waals surface area contributed by atoms with E-state index in [1.165, 1.54) is 11.6 Å². The molecule has 0 spiro atoms. The molecule has 0 atom stereocenters. The molecule has 0 radical (unpaired) electrons. The van der Waals surface area contributed by atoms with Gasteiger partial charge in [0.1, 0.15) is 0 Å². The van der Waals surface area contributed by atoms with Gasteiger partial charge in [-0.3, -0.25) is 10.1 Å². The van der Waals surface area contributed by atoms with E-state index in [1.54, 1.807) is 12.1 Å². The van der Waals surface area contributed by atoms with Crippen LogP contribution in [-0.4, -0.2) is 16.5 Å². The highest BCUT2D eigenvalue weighted by molar-refractivity contribution is 5.87. The second-order valence-electron chi connectivity index (χ2n) is 4.00. The van der Waals surface area contributed by atoms with E-state index in [0.717, 1.165) is 36.1 Å². The van der Waals surface area contributed by atoms with Crippen LogP contribution in [0.2, 0.25) is 0 Å². The molecule has 0 unspecified atom stereocenters. The number of fused-ring (bicyclic) bond motifs is 3. The van der Waals surface area contributed by atoms with Crippen LogP contribution in [-0.2, 0) is 13.0 Å². The lowest BCUT2D eigenvalue weighted by molar-refractivity contribution is -0.384. The van der Waals surface area contributed by atoms with E-state index >= 15 is 0 Å². The standard InChI is InChI=1S/C11H11N3O2/c15-14(16)7-1-2-10-9(5-7)8-3-4-12-6-11(8)13-10/h1-2,5,12-13H,3-4,6H2. The third-order valence-electron chi connectivity index (χ3n) is 3.04. The lowest BCUT2D eigenvalue weighted by Crippen LogP contribution is -2.22. The van der Waals surface area contributed by atoms with Gasteiger partial charge < -0.3 is 10.3 Å². The van der Waals surface area contributed by atoms with Gasteiger partial charge in [-0.25, -0.2) is 0 Å². The third kappa shape index (κ3) is 1.29. The summed E-state index contributed by atoms with van der Waals surface area (Å²) in [6, 6.07) is 4.99. The molecule has 1 aromatic carbocycles. The van der Waals surface area contributed by atoms with Crippen molar-refractivity contribution < 1.29 is 4.92 Å². The minimum absolute atomic E-state index is 0.160. The number of nitrogens with one attached hydrogen (secondary N) is 2. The number of nitrogens with zero attached hydrogens (tertiary/aromatic N) is 1. The van der Waals surface area contributed by atoms with Crippen molar-refractivity contribution in [2.75, 3.05) is 6.54 Å². The number of nitro benzene ring substituents is 1. The highest BCUT2D eigenvalue weighted by Crippen LogP contribution is 2.28. The van der Waals surface area contributed by atoms with Crippen molar-refractivity contribution in [1.82, 2.24) is 10.3 Å². The summed E-state index contributed by atoms with van der Waals surface area (Å²) in [5.41, 5.74) is 3.52. The number of aromatic amines is 1. The van der Waals surface area contributed by atoms with Crippen molar-refractivity contribution in [3.8, 4) is 0 Å². The Morgan fingerprint density at radius 3 is 3.06 bits per heavy atom. The average molecular weight is 217 g/mol. The van der Waals surface area contributed by atoms with Gasteiger partial charge in [-0.05, 0) is 24.6 Å². The predicted octanol–water partition coefficient (Wildman–Crippen LogP) is 1.72. The Bertz CT molecular complexity index is 574. The van der Waals surface area contributed by atoms with E-state index in [4.69, 9.17) is 0 Å². The molecule has 0 amide bonds. The molecule has 2 heterocycles. The zero-order chi connectivity index (χ0) is 11.1. The fourth-order valence-corrected chi connectivity index (χ4v) is 2.27. The number of non-ortho nitro benzene ring substituents is 1. The monoisotopic (exact) mass is 217 g/mol. The number of benzene rings is 1. The van der Waals surface area contributed by atoms with Crippen molar-refractivity contribution in [3.05, 3.63) is 39.6 Å². The minimum Gasteiger partial charge on any atom is -0.357 e. The van der Waals surface area contributed by atoms with E-state index in [1.807, 2.05) is 0 Å². The largest absolute Gasteiger partial charge is 0.357 e. The zero-order valence-electron chi connectivity index (χ0n) is 8.62. The van der Waals surface area contributed by atoms with Crippen molar-refractivity contribution in [1.29, 1.82) is 0 Å². The highest BCUT2D eigenvalue weighted by Gasteiger charge is 2.17. The summed E-state index contributed by atoms with van der Waals surface area (Å²) in [5, 5.41) is 15.0. The SMILES string of the molecule is O=[N+]([O-])c1ccc2[nH]c3c(c2c1)CCNC3. The third-order valence-corrected chi connectivity index (χ3v) is 3.04. The first-order valence-corrected chi connectivity index (χ1v) is 5.24. The van der Waals surface area contributed by atoms with Crippen LogP contribution in [0.3, 0.4) is 0 Å². The second kappa shape index (κ2) is 3.31. The van der Waals surface area contributed by atoms with Crippen LogP contribution in [0.1, 0.15) is 11.3 Å². The normalized spacial score (nSPS) is 15.0. The first kappa shape index (κ1) is 9.35. The fraction of sp³-hybridized carbons (Fsp3) is 0.273. The van der Waals surface area contributed by atoms with Gasteiger partial charge in [0.15, 0.2) is 0 Å². The Hall–Kier alpha value is -1.88. The number of H-pyrrole nitrogens is 1. The van der Waals surface area contributed by atoms with Gasteiger partial charge in [-0.2, -0.15) is 0 Å². The zero-order valence-corrected chi connectivity index (χ0v) is 8.62. The molecule has 0 saturated heterocycles. The van der Waals surface area contributed by atoms with Gasteiger partial charge in [0.05, 0.1) is 4.92 Å². The van der Waals surface area contributed by atoms with Gasteiger partial charge >= 0.3 is 0 Å². The molecule has 2 N–H and O–H groups in total. The minimum atomic E-state index is -0.347. The van der Waals surface area contributed by atoms with E-state index in [-0.39, 0.29) is 10.6 Å². The summed E-state index contributed by atoms with van der Waals surface area (Å²) < 4.78 is 0. The lowest BCUT2D eigenvalue weighted by Gasteiger charge is -2.12. The molecule has 3 rings (SSSR count). The van der Waals surface area contributed by atoms with E-state index < -0.39 is 0 Å². The molecule has 2 aromatic rings. The Morgan fingerprint density at radius 1 is 1.38 bits per heavy atom. The molecule has 0 fully saturated rings. The van der Waals surface area contributed by atoms with Crippen LogP contribution < -0.4 is 5.32 Å². The molecule has 5 nitrogen and oxygen atoms in total. The molecular formula is C11H11N3O2. The maximum atomic E-state index is 10.7. The Morgan fingerprint density at radius 2 is 2.25 bits per heavy atom. The van der Waals surface area contributed by atoms with E-state index in [0.29, 0.717) is 0 Å². The summed E-state index contributed by atoms with van der Waals surface area (Å²) in [7, 11) is 0. The van der Waals surface area contributed by atoms with Crippen LogP contribution in [0.15, 0.2) is 18.2 Å². The fourth-order valence-electron chi connectivity index (χ4n) is 2.27. The molecule has 0 bridgehead atoms. The Labute approximate surface area is 91.6 Å². The summed E-state index contributed by atoms with van der Waals surface area (Å²) in [6.07, 6.45) is 0.927. The van der Waals surface area contributed by atoms with Crippen LogP contribution in [0.25, 0.3) is 10.9 Å². The number of rotatable bonds is 1. The van der Waals surface area contributed by atoms with Crippen LogP contribution in [0.4, 0.5) is 5.69 Å². The van der Waals surface area contributed by atoms with Crippen LogP contribution in [0, 0.1) is 10.1 Å². The number of nitro groups is 1. The molecule has 82 valence electrons. The molecule has 5 heteroatoms. The van der Waals surface area contributed by atoms with E-state index in [9.17, 15) is 10.1 Å². The van der Waals surface area contributed by atoms with E-state index in [2.05, 4.69) is 10.3 Å². The second-order valence-corrected chi connectivity index (χ2v) is 4.00. The quantitative estimate of drug-likeness (QED) is 0.564. The number of aromatic nitrogens is 1. The van der Waals surface area contributed by atoms with Crippen LogP contribution in [0.5, 0.6) is 0 Å². The van der Waals surface area contributed by atoms with Crippen molar-refractivity contribution >= 4 is 16.6 Å². The van der Waals surface area contributed by atoms with Crippen molar-refractivity contribution in [2.45, 2.75) is 13.0 Å². The summed E-state index contributed by atoms with van der Waals surface area (Å²) in [6.45, 7) is 1.75. The lowest BCUT2D eigenvalue weighted by atomic mass is 10.0. The highest BCUT2D eigenvalue weighted by atomic mass is 16.6. The van der Waals surface area contributed by atoms with Gasteiger partial charge in [-0.1, -0.05) is 0 Å². The molecule has 1 aliphatic heterocycles. The van der Waals surface area contributed by atoms with Crippen molar-refractivity contribution in [3.63, 3.8) is 0 Å². The number of hydrogen-bond donors (Lipinski definition) is 2. The molecule has 1 aliphatic rings. The first-order chi connectivity index (χ1) is 7.75. The molecule has 0 aliphatic carbocycles. The Kier molecular flexibility index (Phi) is 1.94. The molecule has 0 saturated carbocycles. The summed E-state index contributed by atoms with van der Waals surface area (Å²) in [5.74, 6) is 0. The molecule has 16 heavy (non-hydrogen) atoms. The van der Waals surface area contributed by atoms with Gasteiger partial charge in [-0.15, -0.1) is 0 Å². The van der Waals surface area contributed by atoms with Crippen LogP contribution >= 0.6 is 0 Å². The predicted molar refractivity (Wildman–Crippen MR) is 60.4 cm³/mol. The first-order valence-electron chi connectivity index (χ1n) is 5.24. The average Bonchev–Trinajstić information content (AvgIpc) is 2.66. The topological polar surface area (TPSA) is 71.0 Å². The summed E-state index contributed by atoms with van der Waals surface area (Å²) >= 11 is 0. The van der Waals surface area contributed by atoms with Gasteiger partial charge in [0, 0.05) is 35.3 Å². The maximum Gasteiger partial charge on any atom is 0.270 e. The number of hydrogen-bond acceptors (Lipinski definition) is 3. The molecule has 1 aromatic heterocycles. The van der Waals surface area contributed by atoms with Gasteiger partial charge in [0.2, 0.25) is 0 Å². The molecular weight excluding hydrogens is 206 g/mol. The van der Waals surface area contributed by atoms with Gasteiger partial charge in [0.25, 0.3) is 5.69 Å². The maximum absolute atomic E-state index is 10.7. The summed E-state index contributed by atoms with van der Waals surface area (Å²) in [4.78, 5) is 13.7. The smallest absolute Gasteiger partial charge is 0.270 e. The van der Waals surface area contributed by atoms with Crippen molar-refractivity contribution in [2.24, 2.45) is 0 Å². The Balaban J connectivity index is 2.25.